The first-order chi connectivity index (χ1) is 8.15. The van der Waals surface area contributed by atoms with Crippen molar-refractivity contribution in [3.63, 3.8) is 0 Å². The van der Waals surface area contributed by atoms with Crippen LogP contribution in [0.4, 0.5) is 0 Å². The van der Waals surface area contributed by atoms with Crippen LogP contribution < -0.4 is 5.32 Å². The summed E-state index contributed by atoms with van der Waals surface area (Å²) in [5, 5.41) is 2.33. The number of hydrogen-bond acceptors (Lipinski definition) is 3. The van der Waals surface area contributed by atoms with Crippen molar-refractivity contribution in [3.8, 4) is 0 Å². The zero-order valence-corrected chi connectivity index (χ0v) is 9.73. The Hall–Kier alpha value is -1.97. The van der Waals surface area contributed by atoms with Crippen LogP contribution in [0.2, 0.25) is 0 Å². The van der Waals surface area contributed by atoms with E-state index in [0.717, 1.165) is 0 Å². The molecule has 0 spiro atoms. The van der Waals surface area contributed by atoms with Crippen LogP contribution in [0.5, 0.6) is 0 Å². The van der Waals surface area contributed by atoms with Crippen molar-refractivity contribution in [1.82, 2.24) is 5.32 Å². The highest BCUT2D eigenvalue weighted by molar-refractivity contribution is 6.36. The first kappa shape index (κ1) is 13.1. The number of ketones is 2. The molecule has 0 saturated heterocycles. The summed E-state index contributed by atoms with van der Waals surface area (Å²) in [5.41, 5.74) is 0.524. The van der Waals surface area contributed by atoms with E-state index in [0.29, 0.717) is 12.0 Å². The van der Waals surface area contributed by atoms with Crippen molar-refractivity contribution in [2.75, 3.05) is 6.54 Å². The molecule has 1 rings (SSSR count). The Bertz CT molecular complexity index is 412. The van der Waals surface area contributed by atoms with E-state index in [2.05, 4.69) is 5.32 Å². The largest absolute Gasteiger partial charge is 0.342 e. The van der Waals surface area contributed by atoms with E-state index < -0.39 is 11.7 Å². The lowest BCUT2D eigenvalue weighted by atomic mass is 10.1. The Morgan fingerprint density at radius 3 is 2.35 bits per heavy atom. The van der Waals surface area contributed by atoms with Crippen LogP contribution in [0.25, 0.3) is 0 Å². The summed E-state index contributed by atoms with van der Waals surface area (Å²) < 4.78 is 0. The van der Waals surface area contributed by atoms with Crippen molar-refractivity contribution in [3.05, 3.63) is 35.9 Å². The van der Waals surface area contributed by atoms with Gasteiger partial charge in [0.15, 0.2) is 5.78 Å². The van der Waals surface area contributed by atoms with Gasteiger partial charge in [-0.05, 0) is 6.42 Å². The second-order valence-corrected chi connectivity index (χ2v) is 3.65. The van der Waals surface area contributed by atoms with Gasteiger partial charge in [0.1, 0.15) is 0 Å². The molecule has 0 heterocycles. The molecule has 17 heavy (non-hydrogen) atoms. The summed E-state index contributed by atoms with van der Waals surface area (Å²) in [4.78, 5) is 34.0. The molecule has 90 valence electrons. The highest BCUT2D eigenvalue weighted by Crippen LogP contribution is 1.98. The molecule has 0 bridgehead atoms. The molecule has 0 aliphatic carbocycles. The van der Waals surface area contributed by atoms with E-state index in [1.807, 2.05) is 6.92 Å². The van der Waals surface area contributed by atoms with Gasteiger partial charge in [-0.25, -0.2) is 0 Å². The average Bonchev–Trinajstić information content (AvgIpc) is 2.36. The fourth-order valence-electron chi connectivity index (χ4n) is 1.33. The Labute approximate surface area is 100 Å². The van der Waals surface area contributed by atoms with Gasteiger partial charge in [-0.2, -0.15) is 0 Å². The van der Waals surface area contributed by atoms with Crippen LogP contribution in [-0.2, 0) is 9.59 Å². The van der Waals surface area contributed by atoms with Gasteiger partial charge >= 0.3 is 0 Å². The maximum atomic E-state index is 11.6. The molecule has 0 radical (unpaired) electrons. The summed E-state index contributed by atoms with van der Waals surface area (Å²) in [6.07, 6.45) is 0.838. The number of carbonyl (C=O) groups is 3. The normalized spacial score (nSPS) is 9.71. The first-order valence-electron chi connectivity index (χ1n) is 5.54. The minimum atomic E-state index is -0.684. The van der Waals surface area contributed by atoms with Gasteiger partial charge in [0.05, 0.1) is 6.54 Å². The molecule has 4 nitrogen and oxygen atoms in total. The molecular weight excluding hydrogens is 218 g/mol. The van der Waals surface area contributed by atoms with Gasteiger partial charge in [-0.3, -0.25) is 14.4 Å². The summed E-state index contributed by atoms with van der Waals surface area (Å²) in [7, 11) is 0. The Morgan fingerprint density at radius 1 is 1.12 bits per heavy atom. The maximum Gasteiger partial charge on any atom is 0.287 e. The number of nitrogens with one attached hydrogen (secondary N) is 1. The lowest BCUT2D eigenvalue weighted by Crippen LogP contribution is -2.34. The number of carbonyl (C=O) groups excluding carboxylic acids is 3. The molecule has 0 aromatic heterocycles. The molecular formula is C13H15NO3. The molecule has 0 aliphatic heterocycles. The third-order valence-electron chi connectivity index (χ3n) is 2.24. The number of benzene rings is 1. The standard InChI is InChI=1S/C13H15NO3/c1-2-6-11(15)13(17)14-9-12(16)10-7-4-3-5-8-10/h3-5,7-8H,2,6,9H2,1H3,(H,14,17). The molecule has 1 amide bonds. The second kappa shape index (κ2) is 6.58. The minimum Gasteiger partial charge on any atom is -0.342 e. The molecule has 1 aromatic rings. The van der Waals surface area contributed by atoms with Gasteiger partial charge < -0.3 is 5.32 Å². The highest BCUT2D eigenvalue weighted by Gasteiger charge is 2.13. The predicted octanol–water partition coefficient (Wildman–Crippen LogP) is 1.35. The lowest BCUT2D eigenvalue weighted by molar-refractivity contribution is -0.137. The van der Waals surface area contributed by atoms with E-state index in [-0.39, 0.29) is 18.7 Å². The van der Waals surface area contributed by atoms with Gasteiger partial charge in [0.2, 0.25) is 5.78 Å². The van der Waals surface area contributed by atoms with Crippen molar-refractivity contribution in [1.29, 1.82) is 0 Å². The average molecular weight is 233 g/mol. The maximum absolute atomic E-state index is 11.6. The van der Waals surface area contributed by atoms with Crippen LogP contribution in [0.15, 0.2) is 30.3 Å². The zero-order valence-electron chi connectivity index (χ0n) is 9.73. The third-order valence-corrected chi connectivity index (χ3v) is 2.24. The fraction of sp³-hybridized carbons (Fsp3) is 0.308. The smallest absolute Gasteiger partial charge is 0.287 e. The van der Waals surface area contributed by atoms with E-state index in [9.17, 15) is 14.4 Å². The van der Waals surface area contributed by atoms with E-state index >= 15 is 0 Å². The lowest BCUT2D eigenvalue weighted by Gasteiger charge is -2.03. The fourth-order valence-corrected chi connectivity index (χ4v) is 1.33. The topological polar surface area (TPSA) is 63.2 Å². The third kappa shape index (κ3) is 4.18. The summed E-state index contributed by atoms with van der Waals surface area (Å²) in [5.74, 6) is -1.37. The number of rotatable bonds is 6. The highest BCUT2D eigenvalue weighted by atomic mass is 16.2. The van der Waals surface area contributed by atoms with Gasteiger partial charge in [-0.1, -0.05) is 37.3 Å². The number of hydrogen-bond donors (Lipinski definition) is 1. The quantitative estimate of drug-likeness (QED) is 0.596. The molecule has 1 N–H and O–H groups in total. The molecule has 0 unspecified atom stereocenters. The van der Waals surface area contributed by atoms with E-state index in [1.165, 1.54) is 0 Å². The first-order valence-corrected chi connectivity index (χ1v) is 5.54. The van der Waals surface area contributed by atoms with Crippen molar-refractivity contribution in [2.45, 2.75) is 19.8 Å². The van der Waals surface area contributed by atoms with E-state index in [1.54, 1.807) is 30.3 Å². The van der Waals surface area contributed by atoms with Gasteiger partial charge in [-0.15, -0.1) is 0 Å². The molecule has 0 fully saturated rings. The van der Waals surface area contributed by atoms with Gasteiger partial charge in [0, 0.05) is 12.0 Å². The zero-order chi connectivity index (χ0) is 12.7. The van der Waals surface area contributed by atoms with Crippen molar-refractivity contribution < 1.29 is 14.4 Å². The number of Topliss-reactive ketones (excluding diaryl/α,β-unsaturated/α-hetero) is 2. The van der Waals surface area contributed by atoms with E-state index in [4.69, 9.17) is 0 Å². The predicted molar refractivity (Wildman–Crippen MR) is 63.7 cm³/mol. The monoisotopic (exact) mass is 233 g/mol. The van der Waals surface area contributed by atoms with Crippen LogP contribution in [0.1, 0.15) is 30.1 Å². The number of amides is 1. The summed E-state index contributed by atoms with van der Waals surface area (Å²) in [6.45, 7) is 1.68. The summed E-state index contributed by atoms with van der Waals surface area (Å²) >= 11 is 0. The van der Waals surface area contributed by atoms with Crippen molar-refractivity contribution >= 4 is 17.5 Å². The van der Waals surface area contributed by atoms with Crippen LogP contribution in [0, 0.1) is 0 Å². The minimum absolute atomic E-state index is 0.141. The molecule has 0 atom stereocenters. The Kier molecular flexibility index (Phi) is 5.07. The van der Waals surface area contributed by atoms with Gasteiger partial charge in [0.25, 0.3) is 5.91 Å². The SMILES string of the molecule is CCCC(=O)C(=O)NCC(=O)c1ccccc1. The van der Waals surface area contributed by atoms with Crippen LogP contribution in [0.3, 0.4) is 0 Å². The van der Waals surface area contributed by atoms with Crippen molar-refractivity contribution in [2.24, 2.45) is 0 Å². The van der Waals surface area contributed by atoms with Crippen LogP contribution >= 0.6 is 0 Å². The summed E-state index contributed by atoms with van der Waals surface area (Å²) in [6, 6.07) is 8.64. The van der Waals surface area contributed by atoms with Crippen LogP contribution in [-0.4, -0.2) is 24.0 Å². The Balaban J connectivity index is 2.44. The second-order valence-electron chi connectivity index (χ2n) is 3.65. The Morgan fingerprint density at radius 2 is 1.76 bits per heavy atom. The molecule has 1 aromatic carbocycles. The molecule has 0 saturated carbocycles. The molecule has 0 aliphatic rings. The molecule has 4 heteroatoms.